The lowest BCUT2D eigenvalue weighted by Gasteiger charge is -2.11. The molecule has 0 saturated carbocycles. The van der Waals surface area contributed by atoms with Gasteiger partial charge in [0, 0.05) is 22.0 Å². The molecule has 0 aliphatic heterocycles. The predicted octanol–water partition coefficient (Wildman–Crippen LogP) is 4.96. The van der Waals surface area contributed by atoms with Gasteiger partial charge < -0.3 is 20.7 Å². The van der Waals surface area contributed by atoms with E-state index < -0.39 is 0 Å². The van der Waals surface area contributed by atoms with E-state index in [-0.39, 0.29) is 18.4 Å². The Hall–Kier alpha value is -3.51. The lowest BCUT2D eigenvalue weighted by Crippen LogP contribution is -2.21. The summed E-state index contributed by atoms with van der Waals surface area (Å²) in [6.07, 6.45) is 0. The fourth-order valence-corrected chi connectivity index (χ4v) is 2.92. The molecule has 3 aromatic carbocycles. The van der Waals surface area contributed by atoms with Crippen LogP contribution in [0.2, 0.25) is 5.02 Å². The van der Waals surface area contributed by atoms with Crippen LogP contribution in [0.5, 0.6) is 5.75 Å². The minimum absolute atomic E-state index is 0.0927. The van der Waals surface area contributed by atoms with Crippen molar-refractivity contribution in [3.8, 4) is 5.75 Å². The van der Waals surface area contributed by atoms with E-state index in [0.29, 0.717) is 27.7 Å². The summed E-state index contributed by atoms with van der Waals surface area (Å²) in [7, 11) is 1.55. The van der Waals surface area contributed by atoms with Crippen molar-refractivity contribution in [3.63, 3.8) is 0 Å². The molecule has 3 N–H and O–H groups in total. The summed E-state index contributed by atoms with van der Waals surface area (Å²) in [5.41, 5.74) is 3.39. The van der Waals surface area contributed by atoms with E-state index in [1.807, 2.05) is 31.2 Å². The third kappa shape index (κ3) is 5.52. The number of para-hydroxylation sites is 2. The summed E-state index contributed by atoms with van der Waals surface area (Å²) < 4.78 is 5.24. The maximum Gasteiger partial charge on any atom is 0.255 e. The van der Waals surface area contributed by atoms with E-state index in [4.69, 9.17) is 16.3 Å². The number of benzene rings is 3. The number of anilines is 3. The third-order valence-electron chi connectivity index (χ3n) is 4.41. The third-order valence-corrected chi connectivity index (χ3v) is 4.82. The van der Waals surface area contributed by atoms with Crippen LogP contribution in [-0.4, -0.2) is 25.5 Å². The molecule has 0 aliphatic carbocycles. The summed E-state index contributed by atoms with van der Waals surface area (Å²) in [6, 6.07) is 19.4. The summed E-state index contributed by atoms with van der Waals surface area (Å²) >= 11 is 6.09. The van der Waals surface area contributed by atoms with Gasteiger partial charge in [0.05, 0.1) is 19.3 Å². The number of carbonyl (C=O) groups excluding carboxylic acids is 2. The molecule has 0 heterocycles. The Bertz CT molecular complexity index is 1050. The molecule has 6 nitrogen and oxygen atoms in total. The van der Waals surface area contributed by atoms with Gasteiger partial charge in [-0.25, -0.2) is 0 Å². The summed E-state index contributed by atoms with van der Waals surface area (Å²) in [4.78, 5) is 24.6. The normalized spacial score (nSPS) is 10.2. The van der Waals surface area contributed by atoms with Crippen LogP contribution in [0.4, 0.5) is 17.1 Å². The van der Waals surface area contributed by atoms with Crippen LogP contribution in [-0.2, 0) is 4.79 Å². The zero-order valence-corrected chi connectivity index (χ0v) is 17.4. The zero-order valence-electron chi connectivity index (χ0n) is 16.7. The number of nitrogens with one attached hydrogen (secondary N) is 3. The average Bonchev–Trinajstić information content (AvgIpc) is 2.75. The maximum absolute atomic E-state index is 12.5. The topological polar surface area (TPSA) is 79.5 Å². The van der Waals surface area contributed by atoms with Gasteiger partial charge in [-0.3, -0.25) is 9.59 Å². The van der Waals surface area contributed by atoms with Crippen LogP contribution < -0.4 is 20.7 Å². The Morgan fingerprint density at radius 2 is 1.63 bits per heavy atom. The van der Waals surface area contributed by atoms with E-state index >= 15 is 0 Å². The predicted molar refractivity (Wildman–Crippen MR) is 121 cm³/mol. The van der Waals surface area contributed by atoms with Crippen LogP contribution in [0.3, 0.4) is 0 Å². The molecule has 0 aliphatic rings. The number of hydrogen-bond acceptors (Lipinski definition) is 4. The Labute approximate surface area is 180 Å². The molecule has 0 fully saturated rings. The Balaban J connectivity index is 1.55. The molecule has 154 valence electrons. The van der Waals surface area contributed by atoms with Gasteiger partial charge in [0.25, 0.3) is 5.91 Å². The zero-order chi connectivity index (χ0) is 21.5. The summed E-state index contributed by atoms with van der Waals surface area (Å²) in [5, 5.41) is 9.27. The first kappa shape index (κ1) is 21.2. The number of halogens is 1. The fourth-order valence-electron chi connectivity index (χ4n) is 2.74. The van der Waals surface area contributed by atoms with Gasteiger partial charge >= 0.3 is 0 Å². The summed E-state index contributed by atoms with van der Waals surface area (Å²) in [5.74, 6) is 0.102. The quantitative estimate of drug-likeness (QED) is 0.501. The molecule has 3 aromatic rings. The number of aryl methyl sites for hydroxylation is 1. The molecule has 7 heteroatoms. The SMILES string of the molecule is COc1ccccc1NC(=O)c1ccc(NC(=O)CNc2ccc(C)c(Cl)c2)cc1. The molecule has 0 aromatic heterocycles. The molecule has 0 atom stereocenters. The molecule has 30 heavy (non-hydrogen) atoms. The van der Waals surface area contributed by atoms with E-state index in [1.54, 1.807) is 49.6 Å². The molecule has 0 radical (unpaired) electrons. The van der Waals surface area contributed by atoms with Crippen LogP contribution in [0, 0.1) is 6.92 Å². The number of carbonyl (C=O) groups is 2. The van der Waals surface area contributed by atoms with Crippen molar-refractivity contribution < 1.29 is 14.3 Å². The maximum atomic E-state index is 12.5. The van der Waals surface area contributed by atoms with Gasteiger partial charge in [-0.05, 0) is 61.0 Å². The largest absolute Gasteiger partial charge is 0.495 e. The van der Waals surface area contributed by atoms with Crippen LogP contribution >= 0.6 is 11.6 Å². The second kappa shape index (κ2) is 9.80. The highest BCUT2D eigenvalue weighted by molar-refractivity contribution is 6.31. The van der Waals surface area contributed by atoms with Gasteiger partial charge in [0.15, 0.2) is 0 Å². The van der Waals surface area contributed by atoms with Crippen molar-refractivity contribution in [2.45, 2.75) is 6.92 Å². The first-order chi connectivity index (χ1) is 14.5. The highest BCUT2D eigenvalue weighted by atomic mass is 35.5. The van der Waals surface area contributed by atoms with Crippen molar-refractivity contribution in [2.75, 3.05) is 29.6 Å². The molecule has 0 bridgehead atoms. The molecule has 3 rings (SSSR count). The van der Waals surface area contributed by atoms with E-state index in [0.717, 1.165) is 11.3 Å². The van der Waals surface area contributed by atoms with Crippen molar-refractivity contribution in [2.24, 2.45) is 0 Å². The molecule has 0 spiro atoms. The van der Waals surface area contributed by atoms with Crippen molar-refractivity contribution in [1.29, 1.82) is 0 Å². The monoisotopic (exact) mass is 423 g/mol. The second-order valence-corrected chi connectivity index (χ2v) is 7.00. The minimum atomic E-state index is -0.268. The Kier molecular flexibility index (Phi) is 6.93. The smallest absolute Gasteiger partial charge is 0.255 e. The first-order valence-corrected chi connectivity index (χ1v) is 9.68. The fraction of sp³-hybridized carbons (Fsp3) is 0.130. The minimum Gasteiger partial charge on any atom is -0.495 e. The Morgan fingerprint density at radius 3 is 2.33 bits per heavy atom. The van der Waals surface area contributed by atoms with Crippen LogP contribution in [0.25, 0.3) is 0 Å². The van der Waals surface area contributed by atoms with Gasteiger partial charge in [-0.15, -0.1) is 0 Å². The van der Waals surface area contributed by atoms with E-state index in [9.17, 15) is 9.59 Å². The second-order valence-electron chi connectivity index (χ2n) is 6.60. The van der Waals surface area contributed by atoms with Gasteiger partial charge in [-0.2, -0.15) is 0 Å². The highest BCUT2D eigenvalue weighted by Crippen LogP contribution is 2.24. The van der Waals surface area contributed by atoms with Crippen LogP contribution in [0.15, 0.2) is 66.7 Å². The lowest BCUT2D eigenvalue weighted by molar-refractivity contribution is -0.114. The van der Waals surface area contributed by atoms with Crippen molar-refractivity contribution >= 4 is 40.5 Å². The number of methoxy groups -OCH3 is 1. The standard InChI is InChI=1S/C23H22ClN3O3/c1-15-7-10-18(13-19(15)24)25-14-22(28)26-17-11-8-16(9-12-17)23(29)27-20-5-3-4-6-21(20)30-2/h3-13,25H,14H2,1-2H3,(H,26,28)(H,27,29). The number of amides is 2. The van der Waals surface area contributed by atoms with E-state index in [1.165, 1.54) is 0 Å². The number of rotatable bonds is 7. The van der Waals surface area contributed by atoms with Gasteiger partial charge in [-0.1, -0.05) is 29.8 Å². The molecule has 2 amide bonds. The van der Waals surface area contributed by atoms with Crippen molar-refractivity contribution in [3.05, 3.63) is 82.9 Å². The van der Waals surface area contributed by atoms with Crippen LogP contribution in [0.1, 0.15) is 15.9 Å². The van der Waals surface area contributed by atoms with Crippen molar-refractivity contribution in [1.82, 2.24) is 0 Å². The first-order valence-electron chi connectivity index (χ1n) is 9.30. The average molecular weight is 424 g/mol. The Morgan fingerprint density at radius 1 is 0.933 bits per heavy atom. The molecule has 0 unspecified atom stereocenters. The number of hydrogen-bond donors (Lipinski definition) is 3. The summed E-state index contributed by atoms with van der Waals surface area (Å²) in [6.45, 7) is 2.01. The van der Waals surface area contributed by atoms with Gasteiger partial charge in [0.2, 0.25) is 5.91 Å². The molecular weight excluding hydrogens is 402 g/mol. The number of ether oxygens (including phenoxy) is 1. The molecular formula is C23H22ClN3O3. The lowest BCUT2D eigenvalue weighted by atomic mass is 10.2. The highest BCUT2D eigenvalue weighted by Gasteiger charge is 2.10. The van der Waals surface area contributed by atoms with Gasteiger partial charge in [0.1, 0.15) is 5.75 Å². The molecule has 0 saturated heterocycles. The van der Waals surface area contributed by atoms with E-state index in [2.05, 4.69) is 16.0 Å².